The van der Waals surface area contributed by atoms with Crippen molar-refractivity contribution < 1.29 is 9.84 Å². The second kappa shape index (κ2) is 7.86. The largest absolute Gasteiger partial charge is 0.504 e. The Morgan fingerprint density at radius 3 is 2.86 bits per heavy atom. The number of imidazole rings is 1. The van der Waals surface area contributed by atoms with Crippen LogP contribution in [-0.4, -0.2) is 27.3 Å². The molecule has 0 aliphatic heterocycles. The first-order valence-electron chi connectivity index (χ1n) is 8.88. The molecule has 140 valence electrons. The molecule has 4 rings (SSSR count). The third-order valence-electron chi connectivity index (χ3n) is 4.22. The number of fused-ring (bicyclic) bond motifs is 1. The van der Waals surface area contributed by atoms with Crippen LogP contribution in [0.5, 0.6) is 11.5 Å². The fourth-order valence-electron chi connectivity index (χ4n) is 2.96. The first kappa shape index (κ1) is 18.3. The summed E-state index contributed by atoms with van der Waals surface area (Å²) in [5, 5.41) is 10.0. The Morgan fingerprint density at radius 2 is 2.04 bits per heavy atom. The summed E-state index contributed by atoms with van der Waals surface area (Å²) in [5.74, 6) is 1.25. The number of nitrogens with zero attached hydrogens (tertiary/aromatic N) is 3. The van der Waals surface area contributed by atoms with Gasteiger partial charge in [0.1, 0.15) is 11.3 Å². The van der Waals surface area contributed by atoms with E-state index in [4.69, 9.17) is 14.7 Å². The molecule has 28 heavy (non-hydrogen) atoms. The van der Waals surface area contributed by atoms with Gasteiger partial charge in [0, 0.05) is 22.4 Å². The Bertz CT molecular complexity index is 1170. The number of aromatic nitrogens is 2. The summed E-state index contributed by atoms with van der Waals surface area (Å²) in [6, 6.07) is 19.0. The number of rotatable bonds is 5. The van der Waals surface area contributed by atoms with Crippen LogP contribution in [0.1, 0.15) is 12.5 Å². The average Bonchev–Trinajstić information content (AvgIpc) is 3.07. The van der Waals surface area contributed by atoms with Crippen molar-refractivity contribution in [3.05, 3.63) is 76.9 Å². The van der Waals surface area contributed by atoms with Crippen LogP contribution in [0, 0.1) is 0 Å². The minimum atomic E-state index is 0.105. The van der Waals surface area contributed by atoms with Crippen molar-refractivity contribution in [2.24, 2.45) is 4.99 Å². The van der Waals surface area contributed by atoms with Gasteiger partial charge < -0.3 is 9.84 Å². The molecule has 4 aromatic rings. The number of halogens is 1. The molecule has 2 heterocycles. The van der Waals surface area contributed by atoms with Gasteiger partial charge in [-0.15, -0.1) is 0 Å². The Labute approximate surface area is 171 Å². The molecule has 0 unspecified atom stereocenters. The number of hydrogen-bond acceptors (Lipinski definition) is 4. The monoisotopic (exact) mass is 435 g/mol. The highest BCUT2D eigenvalue weighted by Crippen LogP contribution is 2.36. The molecule has 0 saturated heterocycles. The van der Waals surface area contributed by atoms with Gasteiger partial charge in [0.25, 0.3) is 0 Å². The molecule has 0 bridgehead atoms. The van der Waals surface area contributed by atoms with Gasteiger partial charge in [-0.2, -0.15) is 0 Å². The van der Waals surface area contributed by atoms with Crippen LogP contribution < -0.4 is 4.74 Å². The molecule has 0 spiro atoms. The topological polar surface area (TPSA) is 59.1 Å². The zero-order valence-electron chi connectivity index (χ0n) is 15.2. The number of phenols is 1. The molecule has 0 atom stereocenters. The smallest absolute Gasteiger partial charge is 0.165 e. The molecule has 0 aliphatic rings. The second-order valence-corrected chi connectivity index (χ2v) is 7.06. The molecule has 6 heteroatoms. The van der Waals surface area contributed by atoms with E-state index in [9.17, 15) is 5.11 Å². The zero-order chi connectivity index (χ0) is 19.5. The Kier molecular flexibility index (Phi) is 5.12. The molecule has 0 amide bonds. The maximum atomic E-state index is 10.0. The van der Waals surface area contributed by atoms with Crippen LogP contribution >= 0.6 is 15.9 Å². The lowest BCUT2D eigenvalue weighted by Crippen LogP contribution is -1.92. The third-order valence-corrected chi connectivity index (χ3v) is 4.72. The van der Waals surface area contributed by atoms with Crippen molar-refractivity contribution in [3.63, 3.8) is 0 Å². The molecule has 2 aromatic carbocycles. The molecule has 0 aliphatic carbocycles. The molecule has 0 saturated carbocycles. The van der Waals surface area contributed by atoms with Gasteiger partial charge >= 0.3 is 0 Å². The zero-order valence-corrected chi connectivity index (χ0v) is 16.8. The fraction of sp³-hybridized carbons (Fsp3) is 0.0909. The van der Waals surface area contributed by atoms with E-state index in [1.807, 2.05) is 72.3 Å². The maximum absolute atomic E-state index is 10.0. The summed E-state index contributed by atoms with van der Waals surface area (Å²) >= 11 is 3.48. The highest BCUT2D eigenvalue weighted by molar-refractivity contribution is 9.10. The first-order valence-corrected chi connectivity index (χ1v) is 9.68. The van der Waals surface area contributed by atoms with E-state index < -0.39 is 0 Å². The SMILES string of the molecule is CCOc1cc(-c2nc3ccccn3c2N=Cc2cccc(Br)c2)ccc1O. The minimum absolute atomic E-state index is 0.105. The Morgan fingerprint density at radius 1 is 1.14 bits per heavy atom. The van der Waals surface area contributed by atoms with E-state index in [-0.39, 0.29) is 5.75 Å². The van der Waals surface area contributed by atoms with Crippen molar-refractivity contribution in [2.45, 2.75) is 6.92 Å². The van der Waals surface area contributed by atoms with Gasteiger partial charge in [0.05, 0.1) is 6.61 Å². The summed E-state index contributed by atoms with van der Waals surface area (Å²) < 4.78 is 8.46. The highest BCUT2D eigenvalue weighted by Gasteiger charge is 2.15. The van der Waals surface area contributed by atoms with E-state index in [0.29, 0.717) is 18.2 Å². The lowest BCUT2D eigenvalue weighted by molar-refractivity contribution is 0.318. The van der Waals surface area contributed by atoms with Gasteiger partial charge in [-0.25, -0.2) is 9.98 Å². The predicted octanol–water partition coefficient (Wildman–Crippen LogP) is 5.62. The Hall–Kier alpha value is -3.12. The van der Waals surface area contributed by atoms with E-state index in [1.54, 1.807) is 12.1 Å². The van der Waals surface area contributed by atoms with E-state index >= 15 is 0 Å². The second-order valence-electron chi connectivity index (χ2n) is 6.14. The predicted molar refractivity (Wildman–Crippen MR) is 115 cm³/mol. The number of aliphatic imine (C=N–C) groups is 1. The summed E-state index contributed by atoms with van der Waals surface area (Å²) in [6.07, 6.45) is 3.75. The third kappa shape index (κ3) is 3.64. The number of hydrogen-bond donors (Lipinski definition) is 1. The number of aromatic hydroxyl groups is 1. The summed E-state index contributed by atoms with van der Waals surface area (Å²) in [7, 11) is 0. The molecular weight excluding hydrogens is 418 g/mol. The van der Waals surface area contributed by atoms with E-state index in [0.717, 1.165) is 26.9 Å². The van der Waals surface area contributed by atoms with Gasteiger partial charge in [-0.05, 0) is 55.0 Å². The molecular formula is C22H18BrN3O2. The standard InChI is InChI=1S/C22H18BrN3O2/c1-2-28-19-13-16(9-10-18(19)27)21-22(26-11-4-3-8-20(26)25-21)24-14-15-6-5-7-17(23)12-15/h3-14,27H,2H2,1H3. The van der Waals surface area contributed by atoms with Crippen LogP contribution in [0.15, 0.2) is 76.3 Å². The van der Waals surface area contributed by atoms with E-state index in [1.165, 1.54) is 0 Å². The quantitative estimate of drug-likeness (QED) is 0.413. The van der Waals surface area contributed by atoms with Crippen molar-refractivity contribution >= 4 is 33.6 Å². The van der Waals surface area contributed by atoms with Crippen LogP contribution in [0.2, 0.25) is 0 Å². The first-order chi connectivity index (χ1) is 13.7. The number of benzene rings is 2. The lowest BCUT2D eigenvalue weighted by atomic mass is 10.1. The van der Waals surface area contributed by atoms with Crippen LogP contribution in [0.3, 0.4) is 0 Å². The van der Waals surface area contributed by atoms with Crippen molar-refractivity contribution in [2.75, 3.05) is 6.61 Å². The minimum Gasteiger partial charge on any atom is -0.504 e. The average molecular weight is 436 g/mol. The molecule has 5 nitrogen and oxygen atoms in total. The molecule has 1 N–H and O–H groups in total. The summed E-state index contributed by atoms with van der Waals surface area (Å²) in [6.45, 7) is 2.35. The normalized spacial score (nSPS) is 11.4. The van der Waals surface area contributed by atoms with Crippen LogP contribution in [0.4, 0.5) is 5.82 Å². The van der Waals surface area contributed by atoms with Gasteiger partial charge in [0.15, 0.2) is 17.3 Å². The van der Waals surface area contributed by atoms with Gasteiger partial charge in [0.2, 0.25) is 0 Å². The number of pyridine rings is 1. The lowest BCUT2D eigenvalue weighted by Gasteiger charge is -2.07. The van der Waals surface area contributed by atoms with E-state index in [2.05, 4.69) is 15.9 Å². The van der Waals surface area contributed by atoms with Crippen molar-refractivity contribution in [1.82, 2.24) is 9.38 Å². The van der Waals surface area contributed by atoms with Crippen LogP contribution in [-0.2, 0) is 0 Å². The highest BCUT2D eigenvalue weighted by atomic mass is 79.9. The van der Waals surface area contributed by atoms with Crippen LogP contribution in [0.25, 0.3) is 16.9 Å². The summed E-state index contributed by atoms with van der Waals surface area (Å²) in [5.41, 5.74) is 3.32. The maximum Gasteiger partial charge on any atom is 0.165 e. The summed E-state index contributed by atoms with van der Waals surface area (Å²) in [4.78, 5) is 9.48. The Balaban J connectivity index is 1.85. The fourth-order valence-corrected chi connectivity index (χ4v) is 3.37. The van der Waals surface area contributed by atoms with Crippen molar-refractivity contribution in [3.8, 4) is 22.8 Å². The number of phenolic OH excluding ortho intramolecular Hbond substituents is 1. The molecule has 2 aromatic heterocycles. The molecule has 0 fully saturated rings. The van der Waals surface area contributed by atoms with Crippen molar-refractivity contribution in [1.29, 1.82) is 0 Å². The molecule has 0 radical (unpaired) electrons. The van der Waals surface area contributed by atoms with Gasteiger partial charge in [-0.1, -0.05) is 34.1 Å². The van der Waals surface area contributed by atoms with Gasteiger partial charge in [-0.3, -0.25) is 4.40 Å². The number of ether oxygens (including phenoxy) is 1.